The van der Waals surface area contributed by atoms with Gasteiger partial charge in [-0.3, -0.25) is 4.79 Å². The van der Waals surface area contributed by atoms with Crippen LogP contribution in [-0.4, -0.2) is 17.4 Å². The van der Waals surface area contributed by atoms with E-state index in [0.717, 1.165) is 48.5 Å². The molecule has 126 valence electrons. The van der Waals surface area contributed by atoms with Gasteiger partial charge in [-0.1, -0.05) is 54.6 Å². The molecule has 6 rings (SSSR count). The molecule has 0 amide bonds. The van der Waals surface area contributed by atoms with Crippen LogP contribution in [-0.2, 0) is 0 Å². The lowest BCUT2D eigenvalue weighted by Gasteiger charge is -2.19. The van der Waals surface area contributed by atoms with Crippen molar-refractivity contribution in [2.24, 2.45) is 0 Å². The van der Waals surface area contributed by atoms with E-state index in [0.29, 0.717) is 6.29 Å². The lowest BCUT2D eigenvalue weighted by Crippen LogP contribution is -2.04. The minimum Gasteiger partial charge on any atom is -0.478 e. The van der Waals surface area contributed by atoms with Gasteiger partial charge in [0.25, 0.3) is 0 Å². The van der Waals surface area contributed by atoms with Crippen LogP contribution >= 0.6 is 0 Å². The van der Waals surface area contributed by atoms with Gasteiger partial charge in [0.1, 0.15) is 0 Å². The van der Waals surface area contributed by atoms with Crippen molar-refractivity contribution in [3.05, 3.63) is 71.8 Å². The predicted octanol–water partition coefficient (Wildman–Crippen LogP) is 5.84. The highest BCUT2D eigenvalue weighted by Crippen LogP contribution is 2.46. The molecule has 0 unspecified atom stereocenters. The molecule has 0 aliphatic rings. The minimum atomic E-state index is -1.08. The van der Waals surface area contributed by atoms with Gasteiger partial charge < -0.3 is 5.11 Å². The number of hydrogen-bond donors (Lipinski definition) is 1. The summed E-state index contributed by atoms with van der Waals surface area (Å²) in [6, 6.07) is 20.0. The molecule has 0 aliphatic carbocycles. The van der Waals surface area contributed by atoms with E-state index in [1.165, 1.54) is 5.39 Å². The van der Waals surface area contributed by atoms with Gasteiger partial charge in [-0.2, -0.15) is 0 Å². The Balaban J connectivity index is 2.13. The van der Waals surface area contributed by atoms with E-state index in [1.54, 1.807) is 6.07 Å². The Kier molecular flexibility index (Phi) is 2.52. The number of benzene rings is 6. The van der Waals surface area contributed by atoms with Gasteiger partial charge in [-0.15, -0.1) is 0 Å². The Hall–Kier alpha value is -3.72. The fourth-order valence-corrected chi connectivity index (χ4v) is 4.71. The SMILES string of the molecule is O=Cc1c(C(=O)O)cc2ccc3ccc4ccc5cccc6c1c2c3c4c56. The second-order valence-corrected chi connectivity index (χ2v) is 7.03. The van der Waals surface area contributed by atoms with Gasteiger partial charge >= 0.3 is 5.97 Å². The number of carbonyl (C=O) groups is 2. The van der Waals surface area contributed by atoms with Crippen molar-refractivity contribution in [1.82, 2.24) is 0 Å². The van der Waals surface area contributed by atoms with E-state index in [4.69, 9.17) is 0 Å². The van der Waals surface area contributed by atoms with E-state index >= 15 is 0 Å². The first-order valence-electron chi connectivity index (χ1n) is 8.76. The summed E-state index contributed by atoms with van der Waals surface area (Å²) in [4.78, 5) is 23.9. The van der Waals surface area contributed by atoms with Crippen molar-refractivity contribution >= 4 is 66.1 Å². The molecule has 0 saturated heterocycles. The van der Waals surface area contributed by atoms with Gasteiger partial charge in [-0.25, -0.2) is 4.79 Å². The summed E-state index contributed by atoms with van der Waals surface area (Å²) in [5.41, 5.74) is 0.303. The Morgan fingerprint density at radius 3 is 1.89 bits per heavy atom. The van der Waals surface area contributed by atoms with Crippen molar-refractivity contribution in [2.45, 2.75) is 0 Å². The fraction of sp³-hybridized carbons (Fsp3) is 0. The van der Waals surface area contributed by atoms with Crippen LogP contribution in [0.1, 0.15) is 20.7 Å². The van der Waals surface area contributed by atoms with Crippen molar-refractivity contribution in [3.8, 4) is 0 Å². The summed E-state index contributed by atoms with van der Waals surface area (Å²) in [7, 11) is 0. The van der Waals surface area contributed by atoms with Crippen LogP contribution in [0.25, 0.3) is 53.9 Å². The first kappa shape index (κ1) is 14.4. The number of carboxylic acids is 1. The van der Waals surface area contributed by atoms with Gasteiger partial charge in [0.05, 0.1) is 5.56 Å². The lowest BCUT2D eigenvalue weighted by atomic mass is 9.83. The normalized spacial score (nSPS) is 12.1. The molecule has 3 heteroatoms. The van der Waals surface area contributed by atoms with E-state index in [1.807, 2.05) is 24.3 Å². The summed E-state index contributed by atoms with van der Waals surface area (Å²) in [6.07, 6.45) is 0.684. The molecule has 0 fully saturated rings. The first-order valence-corrected chi connectivity index (χ1v) is 8.76. The maximum Gasteiger partial charge on any atom is 0.336 e. The third-order valence-electron chi connectivity index (χ3n) is 5.77. The molecule has 1 N–H and O–H groups in total. The number of carboxylic acid groups (broad SMARTS) is 1. The zero-order valence-electron chi connectivity index (χ0n) is 14.1. The van der Waals surface area contributed by atoms with Crippen molar-refractivity contribution < 1.29 is 14.7 Å². The van der Waals surface area contributed by atoms with Crippen LogP contribution in [0.5, 0.6) is 0 Å². The van der Waals surface area contributed by atoms with Gasteiger partial charge in [0.15, 0.2) is 6.29 Å². The number of carbonyl (C=O) groups excluding carboxylic acids is 1. The molecule has 6 aromatic rings. The Bertz CT molecular complexity index is 1550. The Morgan fingerprint density at radius 1 is 0.704 bits per heavy atom. The van der Waals surface area contributed by atoms with Gasteiger partial charge in [0.2, 0.25) is 0 Å². The van der Waals surface area contributed by atoms with Crippen LogP contribution in [0.15, 0.2) is 60.7 Å². The Labute approximate surface area is 153 Å². The summed E-state index contributed by atoms with van der Waals surface area (Å²) in [6.45, 7) is 0. The number of rotatable bonds is 2. The molecular weight excluding hydrogens is 336 g/mol. The molecule has 6 aromatic carbocycles. The van der Waals surface area contributed by atoms with Crippen molar-refractivity contribution in [3.63, 3.8) is 0 Å². The lowest BCUT2D eigenvalue weighted by molar-refractivity contribution is 0.0694. The molecule has 0 saturated carbocycles. The molecule has 0 spiro atoms. The van der Waals surface area contributed by atoms with Gasteiger partial charge in [0, 0.05) is 10.9 Å². The second kappa shape index (κ2) is 4.71. The number of fused-ring (bicyclic) bond motifs is 1. The predicted molar refractivity (Wildman–Crippen MR) is 109 cm³/mol. The summed E-state index contributed by atoms with van der Waals surface area (Å²) in [5.74, 6) is -1.08. The average molecular weight is 348 g/mol. The molecule has 0 heterocycles. The van der Waals surface area contributed by atoms with Gasteiger partial charge in [-0.05, 0) is 54.5 Å². The van der Waals surface area contributed by atoms with Crippen LogP contribution in [0.4, 0.5) is 0 Å². The summed E-state index contributed by atoms with van der Waals surface area (Å²) in [5, 5.41) is 19.9. The third-order valence-corrected chi connectivity index (χ3v) is 5.77. The minimum absolute atomic E-state index is 0.0513. The smallest absolute Gasteiger partial charge is 0.336 e. The molecule has 0 aromatic heterocycles. The fourth-order valence-electron chi connectivity index (χ4n) is 4.71. The zero-order valence-corrected chi connectivity index (χ0v) is 14.1. The molecular formula is C24H12O3. The third kappa shape index (κ3) is 1.62. The highest BCUT2D eigenvalue weighted by molar-refractivity contribution is 6.41. The highest BCUT2D eigenvalue weighted by Gasteiger charge is 2.22. The topological polar surface area (TPSA) is 54.4 Å². The van der Waals surface area contributed by atoms with Crippen LogP contribution in [0, 0.1) is 0 Å². The van der Waals surface area contributed by atoms with Crippen LogP contribution in [0.2, 0.25) is 0 Å². The monoisotopic (exact) mass is 348 g/mol. The van der Waals surface area contributed by atoms with Crippen LogP contribution < -0.4 is 0 Å². The maximum absolute atomic E-state index is 12.0. The molecule has 0 aliphatic heterocycles. The van der Waals surface area contributed by atoms with Crippen molar-refractivity contribution in [2.75, 3.05) is 0 Å². The van der Waals surface area contributed by atoms with E-state index in [-0.39, 0.29) is 11.1 Å². The largest absolute Gasteiger partial charge is 0.478 e. The van der Waals surface area contributed by atoms with Crippen molar-refractivity contribution in [1.29, 1.82) is 0 Å². The summed E-state index contributed by atoms with van der Waals surface area (Å²) < 4.78 is 0. The van der Waals surface area contributed by atoms with E-state index < -0.39 is 5.97 Å². The second-order valence-electron chi connectivity index (χ2n) is 7.03. The Morgan fingerprint density at radius 2 is 1.26 bits per heavy atom. The molecule has 27 heavy (non-hydrogen) atoms. The molecule has 0 bridgehead atoms. The number of hydrogen-bond acceptors (Lipinski definition) is 2. The summed E-state index contributed by atoms with van der Waals surface area (Å²) >= 11 is 0. The zero-order chi connectivity index (χ0) is 18.3. The van der Waals surface area contributed by atoms with E-state index in [2.05, 4.69) is 30.3 Å². The maximum atomic E-state index is 12.0. The highest BCUT2D eigenvalue weighted by atomic mass is 16.4. The number of aldehydes is 1. The quantitative estimate of drug-likeness (QED) is 0.243. The molecule has 0 radical (unpaired) electrons. The molecule has 0 atom stereocenters. The average Bonchev–Trinajstić information content (AvgIpc) is 2.70. The molecule has 3 nitrogen and oxygen atoms in total. The van der Waals surface area contributed by atoms with Crippen LogP contribution in [0.3, 0.4) is 0 Å². The van der Waals surface area contributed by atoms with E-state index in [9.17, 15) is 14.7 Å². The number of aromatic carboxylic acids is 1. The standard InChI is InChI=1S/C24H12O3/c25-11-18-17(24(26)27)10-15-9-8-14-7-6-13-5-4-12-2-1-3-16-19(12)20(13)21(14)22(15)23(16)18/h1-11H,(H,26,27). The first-order chi connectivity index (χ1) is 13.2.